The first kappa shape index (κ1) is 15.8. The van der Waals surface area contributed by atoms with Gasteiger partial charge in [0, 0.05) is 34.1 Å². The number of ether oxygens (including phenoxy) is 1. The SMILES string of the molecule is Brc1cc2c3c(c1)[C@@H](c1ccccc1)[C@@H]1COc4ccccc4[C@H]1N3CC2. The average molecular weight is 418 g/mol. The van der Waals surface area contributed by atoms with Gasteiger partial charge in [-0.1, -0.05) is 64.5 Å². The molecule has 0 fully saturated rings. The molecule has 0 saturated carbocycles. The maximum absolute atomic E-state index is 6.26. The highest BCUT2D eigenvalue weighted by Gasteiger charge is 2.48. The predicted molar refractivity (Wildman–Crippen MR) is 112 cm³/mol. The molecule has 134 valence electrons. The van der Waals surface area contributed by atoms with Crippen molar-refractivity contribution in [1.82, 2.24) is 0 Å². The fourth-order valence-electron chi connectivity index (χ4n) is 5.45. The van der Waals surface area contributed by atoms with Crippen molar-refractivity contribution in [3.05, 3.63) is 93.5 Å². The Bertz CT molecular complexity index is 1030. The molecule has 27 heavy (non-hydrogen) atoms. The zero-order valence-corrected chi connectivity index (χ0v) is 16.5. The van der Waals surface area contributed by atoms with Gasteiger partial charge in [-0.2, -0.15) is 0 Å². The quantitative estimate of drug-likeness (QED) is 0.502. The van der Waals surface area contributed by atoms with E-state index in [0.717, 1.165) is 25.3 Å². The Morgan fingerprint density at radius 1 is 0.926 bits per heavy atom. The molecule has 3 aromatic rings. The van der Waals surface area contributed by atoms with Gasteiger partial charge in [0.2, 0.25) is 0 Å². The number of anilines is 1. The molecule has 0 bridgehead atoms. The maximum atomic E-state index is 6.26. The number of benzene rings is 3. The molecule has 3 atom stereocenters. The second-order valence-electron chi connectivity index (χ2n) is 7.79. The highest BCUT2D eigenvalue weighted by Crippen LogP contribution is 2.57. The average Bonchev–Trinajstić information content (AvgIpc) is 3.12. The summed E-state index contributed by atoms with van der Waals surface area (Å²) >= 11 is 3.76. The van der Waals surface area contributed by atoms with Gasteiger partial charge < -0.3 is 9.64 Å². The number of fused-ring (bicyclic) bond motifs is 4. The molecule has 0 N–H and O–H groups in total. The van der Waals surface area contributed by atoms with Gasteiger partial charge in [-0.15, -0.1) is 0 Å². The summed E-state index contributed by atoms with van der Waals surface area (Å²) in [6.45, 7) is 1.86. The van der Waals surface area contributed by atoms with E-state index in [9.17, 15) is 0 Å². The van der Waals surface area contributed by atoms with Gasteiger partial charge in [0.1, 0.15) is 5.75 Å². The Morgan fingerprint density at radius 3 is 2.63 bits per heavy atom. The van der Waals surface area contributed by atoms with Crippen LogP contribution >= 0.6 is 15.9 Å². The monoisotopic (exact) mass is 417 g/mol. The Kier molecular flexibility index (Phi) is 3.43. The van der Waals surface area contributed by atoms with E-state index in [2.05, 4.69) is 87.6 Å². The van der Waals surface area contributed by atoms with Crippen LogP contribution in [-0.2, 0) is 6.42 Å². The first-order valence-electron chi connectivity index (χ1n) is 9.67. The molecule has 0 radical (unpaired) electrons. The van der Waals surface area contributed by atoms with Crippen molar-refractivity contribution in [2.24, 2.45) is 5.92 Å². The van der Waals surface area contributed by atoms with Crippen LogP contribution in [0.25, 0.3) is 0 Å². The Hall–Kier alpha value is -2.26. The molecule has 3 aromatic carbocycles. The first-order valence-corrected chi connectivity index (χ1v) is 10.5. The van der Waals surface area contributed by atoms with E-state index < -0.39 is 0 Å². The third kappa shape index (κ3) is 2.24. The fraction of sp³-hybridized carbons (Fsp3) is 0.250. The summed E-state index contributed by atoms with van der Waals surface area (Å²) < 4.78 is 7.45. The minimum Gasteiger partial charge on any atom is -0.493 e. The van der Waals surface area contributed by atoms with Crippen molar-refractivity contribution >= 4 is 21.6 Å². The van der Waals surface area contributed by atoms with Gasteiger partial charge in [0.15, 0.2) is 0 Å². The van der Waals surface area contributed by atoms with Crippen molar-refractivity contribution in [3.63, 3.8) is 0 Å². The molecule has 3 heteroatoms. The van der Waals surface area contributed by atoms with Crippen LogP contribution in [0.5, 0.6) is 5.75 Å². The van der Waals surface area contributed by atoms with Crippen LogP contribution in [0.1, 0.15) is 34.2 Å². The molecule has 0 aliphatic carbocycles. The molecule has 0 saturated heterocycles. The zero-order chi connectivity index (χ0) is 18.0. The van der Waals surface area contributed by atoms with Gasteiger partial charge in [-0.25, -0.2) is 0 Å². The zero-order valence-electron chi connectivity index (χ0n) is 14.9. The van der Waals surface area contributed by atoms with Crippen LogP contribution < -0.4 is 9.64 Å². The Labute approximate surface area is 167 Å². The third-order valence-corrected chi connectivity index (χ3v) is 6.88. The van der Waals surface area contributed by atoms with Crippen LogP contribution in [0.2, 0.25) is 0 Å². The smallest absolute Gasteiger partial charge is 0.124 e. The molecular weight excluding hydrogens is 398 g/mol. The van der Waals surface area contributed by atoms with Crippen molar-refractivity contribution < 1.29 is 4.74 Å². The summed E-state index contributed by atoms with van der Waals surface area (Å²) in [6, 6.07) is 24.6. The van der Waals surface area contributed by atoms with Gasteiger partial charge in [-0.05, 0) is 41.3 Å². The highest BCUT2D eigenvalue weighted by molar-refractivity contribution is 9.10. The van der Waals surface area contributed by atoms with E-state index in [1.54, 1.807) is 0 Å². The normalized spacial score (nSPS) is 24.6. The maximum Gasteiger partial charge on any atom is 0.124 e. The highest BCUT2D eigenvalue weighted by atomic mass is 79.9. The molecule has 0 amide bonds. The first-order chi connectivity index (χ1) is 13.3. The number of para-hydroxylation sites is 1. The summed E-state index contributed by atoms with van der Waals surface area (Å²) in [6.07, 6.45) is 1.12. The lowest BCUT2D eigenvalue weighted by Crippen LogP contribution is -2.44. The molecule has 3 aliphatic rings. The van der Waals surface area contributed by atoms with Crippen LogP contribution in [0.4, 0.5) is 5.69 Å². The summed E-state index contributed by atoms with van der Waals surface area (Å²) in [5.41, 5.74) is 7.12. The molecular formula is C24H20BrNO. The largest absolute Gasteiger partial charge is 0.493 e. The molecule has 3 heterocycles. The third-order valence-electron chi connectivity index (χ3n) is 6.42. The summed E-state index contributed by atoms with van der Waals surface area (Å²) in [5, 5.41) is 0. The van der Waals surface area contributed by atoms with Crippen molar-refractivity contribution in [1.29, 1.82) is 0 Å². The second-order valence-corrected chi connectivity index (χ2v) is 8.71. The van der Waals surface area contributed by atoms with Gasteiger partial charge in [0.25, 0.3) is 0 Å². The molecule has 0 unspecified atom stereocenters. The second kappa shape index (κ2) is 5.87. The standard InChI is InChI=1S/C24H20BrNO/c25-17-12-16-10-11-26-23(16)19(13-17)22(15-6-2-1-3-7-15)20-14-27-21-9-5-4-8-18(21)24(20)26/h1-9,12-13,20,22,24H,10-11,14H2/t20-,22+,24+/m0/s1. The number of nitrogens with zero attached hydrogens (tertiary/aromatic N) is 1. The number of halogens is 1. The lowest BCUT2D eigenvalue weighted by atomic mass is 9.70. The van der Waals surface area contributed by atoms with Crippen LogP contribution in [0.3, 0.4) is 0 Å². The van der Waals surface area contributed by atoms with Crippen LogP contribution in [-0.4, -0.2) is 13.2 Å². The Balaban J connectivity index is 1.63. The van der Waals surface area contributed by atoms with E-state index in [1.165, 1.54) is 32.4 Å². The summed E-state index contributed by atoms with van der Waals surface area (Å²) in [5.74, 6) is 1.82. The molecule has 0 aromatic heterocycles. The van der Waals surface area contributed by atoms with E-state index in [-0.39, 0.29) is 0 Å². The minimum atomic E-state index is 0.352. The van der Waals surface area contributed by atoms with Gasteiger partial charge in [0.05, 0.1) is 12.6 Å². The van der Waals surface area contributed by atoms with E-state index in [1.807, 2.05) is 0 Å². The van der Waals surface area contributed by atoms with Crippen molar-refractivity contribution in [3.8, 4) is 5.75 Å². The van der Waals surface area contributed by atoms with E-state index in [4.69, 9.17) is 4.74 Å². The van der Waals surface area contributed by atoms with E-state index >= 15 is 0 Å². The number of hydrogen-bond acceptors (Lipinski definition) is 2. The Morgan fingerprint density at radius 2 is 1.74 bits per heavy atom. The fourth-order valence-corrected chi connectivity index (χ4v) is 5.97. The minimum absolute atomic E-state index is 0.352. The summed E-state index contributed by atoms with van der Waals surface area (Å²) in [4.78, 5) is 2.66. The van der Waals surface area contributed by atoms with Crippen LogP contribution in [0.15, 0.2) is 71.2 Å². The molecule has 6 rings (SSSR count). The van der Waals surface area contributed by atoms with Gasteiger partial charge >= 0.3 is 0 Å². The molecule has 2 nitrogen and oxygen atoms in total. The summed E-state index contributed by atoms with van der Waals surface area (Å²) in [7, 11) is 0. The number of hydrogen-bond donors (Lipinski definition) is 0. The molecule has 3 aliphatic heterocycles. The lowest BCUT2D eigenvalue weighted by Gasteiger charge is -2.49. The predicted octanol–water partition coefficient (Wildman–Crippen LogP) is 5.71. The number of rotatable bonds is 1. The molecule has 0 spiro atoms. The topological polar surface area (TPSA) is 12.5 Å². The van der Waals surface area contributed by atoms with Crippen molar-refractivity contribution in [2.75, 3.05) is 18.1 Å². The van der Waals surface area contributed by atoms with Gasteiger partial charge in [-0.3, -0.25) is 0 Å². The van der Waals surface area contributed by atoms with E-state index in [0.29, 0.717) is 17.9 Å². The lowest BCUT2D eigenvalue weighted by molar-refractivity contribution is 0.170. The van der Waals surface area contributed by atoms with Crippen molar-refractivity contribution in [2.45, 2.75) is 18.4 Å². The van der Waals surface area contributed by atoms with Crippen LogP contribution in [0, 0.1) is 5.92 Å².